The first-order valence-electron chi connectivity index (χ1n) is 11.1. The minimum atomic E-state index is -3.56. The summed E-state index contributed by atoms with van der Waals surface area (Å²) < 4.78 is 28.5. The molecule has 1 unspecified atom stereocenters. The molecule has 1 amide bonds. The highest BCUT2D eigenvalue weighted by Gasteiger charge is 2.36. The van der Waals surface area contributed by atoms with Gasteiger partial charge >= 0.3 is 0 Å². The monoisotopic (exact) mass is 435 g/mol. The normalized spacial score (nSPS) is 22.0. The Morgan fingerprint density at radius 1 is 0.967 bits per heavy atom. The number of rotatable bonds is 4. The Morgan fingerprint density at radius 3 is 2.07 bits per heavy atom. The lowest BCUT2D eigenvalue weighted by Gasteiger charge is -2.39. The van der Waals surface area contributed by atoms with E-state index in [0.717, 1.165) is 48.2 Å². The minimum Gasteiger partial charge on any atom is -0.341 e. The molecule has 2 aliphatic rings. The van der Waals surface area contributed by atoms with Gasteiger partial charge in [0.25, 0.3) is 0 Å². The maximum atomic E-state index is 13.5. The standard InChI is InChI=1S/C23H37N3O3S/c1-16-14-17(2)19(4)22(18(16)3)30(28,29)26-12-9-20(10-13-26)23(27)25-11-7-8-21(15-25)24(5)6/h14,20-21H,7-13,15H2,1-6H3. The van der Waals surface area contributed by atoms with Crippen LogP contribution in [0.25, 0.3) is 0 Å². The lowest BCUT2D eigenvalue weighted by atomic mass is 9.94. The molecule has 2 heterocycles. The van der Waals surface area contributed by atoms with Gasteiger partial charge < -0.3 is 9.80 Å². The van der Waals surface area contributed by atoms with Crippen molar-refractivity contribution in [2.24, 2.45) is 5.92 Å². The summed E-state index contributed by atoms with van der Waals surface area (Å²) >= 11 is 0. The molecule has 168 valence electrons. The van der Waals surface area contributed by atoms with Gasteiger partial charge in [0.2, 0.25) is 15.9 Å². The van der Waals surface area contributed by atoms with Crippen molar-refractivity contribution in [2.45, 2.75) is 64.3 Å². The summed E-state index contributed by atoms with van der Waals surface area (Å²) in [6, 6.07) is 2.47. The highest BCUT2D eigenvalue weighted by molar-refractivity contribution is 7.89. The molecule has 1 aromatic carbocycles. The van der Waals surface area contributed by atoms with Crippen molar-refractivity contribution in [3.63, 3.8) is 0 Å². The molecule has 2 saturated heterocycles. The van der Waals surface area contributed by atoms with Crippen molar-refractivity contribution in [3.05, 3.63) is 28.3 Å². The van der Waals surface area contributed by atoms with Crippen LogP contribution in [-0.4, -0.2) is 74.7 Å². The molecular formula is C23H37N3O3S. The van der Waals surface area contributed by atoms with Gasteiger partial charge in [0, 0.05) is 38.1 Å². The number of piperidine rings is 2. The SMILES string of the molecule is Cc1cc(C)c(C)c(S(=O)(=O)N2CCC(C(=O)N3CCCC(N(C)C)C3)CC2)c1C. The molecule has 1 atom stereocenters. The second-order valence-electron chi connectivity index (χ2n) is 9.31. The van der Waals surface area contributed by atoms with E-state index in [4.69, 9.17) is 0 Å². The van der Waals surface area contributed by atoms with Crippen LogP contribution in [0, 0.1) is 33.6 Å². The van der Waals surface area contributed by atoms with E-state index in [9.17, 15) is 13.2 Å². The summed E-state index contributed by atoms with van der Waals surface area (Å²) in [5, 5.41) is 0. The minimum absolute atomic E-state index is 0.0706. The van der Waals surface area contributed by atoms with Gasteiger partial charge in [-0.1, -0.05) is 6.07 Å². The number of amides is 1. The second kappa shape index (κ2) is 8.97. The third kappa shape index (κ3) is 4.43. The van der Waals surface area contributed by atoms with E-state index in [1.165, 1.54) is 0 Å². The van der Waals surface area contributed by atoms with Crippen LogP contribution in [0.15, 0.2) is 11.0 Å². The molecule has 30 heavy (non-hydrogen) atoms. The van der Waals surface area contributed by atoms with Crippen LogP contribution < -0.4 is 0 Å². The zero-order chi connectivity index (χ0) is 22.2. The number of benzene rings is 1. The maximum Gasteiger partial charge on any atom is 0.243 e. The van der Waals surface area contributed by atoms with E-state index in [-0.39, 0.29) is 11.8 Å². The zero-order valence-electron chi connectivity index (χ0n) is 19.4. The smallest absolute Gasteiger partial charge is 0.243 e. The van der Waals surface area contributed by atoms with E-state index >= 15 is 0 Å². The van der Waals surface area contributed by atoms with Crippen molar-refractivity contribution >= 4 is 15.9 Å². The molecular weight excluding hydrogens is 398 g/mol. The topological polar surface area (TPSA) is 60.9 Å². The molecule has 0 bridgehead atoms. The summed E-state index contributed by atoms with van der Waals surface area (Å²) in [5.74, 6) is 0.135. The van der Waals surface area contributed by atoms with Crippen LogP contribution in [0.4, 0.5) is 0 Å². The Kier molecular flexibility index (Phi) is 6.94. The predicted octanol–water partition coefficient (Wildman–Crippen LogP) is 2.87. The molecule has 0 spiro atoms. The van der Waals surface area contributed by atoms with E-state index in [0.29, 0.717) is 36.9 Å². The molecule has 1 aromatic rings. The molecule has 2 fully saturated rings. The third-order valence-corrected chi connectivity index (χ3v) is 9.31. The molecule has 2 aliphatic heterocycles. The summed E-state index contributed by atoms with van der Waals surface area (Å²) in [4.78, 5) is 17.7. The Morgan fingerprint density at radius 2 is 1.53 bits per heavy atom. The summed E-state index contributed by atoms with van der Waals surface area (Å²) in [6.45, 7) is 10.1. The van der Waals surface area contributed by atoms with Crippen LogP contribution >= 0.6 is 0 Å². The van der Waals surface area contributed by atoms with Gasteiger partial charge in [-0.3, -0.25) is 4.79 Å². The van der Waals surface area contributed by atoms with Crippen molar-refractivity contribution in [2.75, 3.05) is 40.3 Å². The highest BCUT2D eigenvalue weighted by Crippen LogP contribution is 2.32. The van der Waals surface area contributed by atoms with Gasteiger partial charge in [-0.15, -0.1) is 0 Å². The number of carbonyl (C=O) groups is 1. The summed E-state index contributed by atoms with van der Waals surface area (Å²) in [6.07, 6.45) is 3.36. The van der Waals surface area contributed by atoms with Crippen molar-refractivity contribution in [3.8, 4) is 0 Å². The molecule has 3 rings (SSSR count). The molecule has 0 N–H and O–H groups in total. The van der Waals surface area contributed by atoms with Crippen LogP contribution in [0.1, 0.15) is 47.9 Å². The van der Waals surface area contributed by atoms with Gasteiger partial charge in [0.1, 0.15) is 0 Å². The fourth-order valence-corrected chi connectivity index (χ4v) is 6.92. The fraction of sp³-hybridized carbons (Fsp3) is 0.696. The van der Waals surface area contributed by atoms with E-state index < -0.39 is 10.0 Å². The summed E-state index contributed by atoms with van der Waals surface area (Å²) in [5.41, 5.74) is 3.67. The van der Waals surface area contributed by atoms with Gasteiger partial charge in [-0.05, 0) is 89.7 Å². The number of aryl methyl sites for hydroxylation is 2. The lowest BCUT2D eigenvalue weighted by molar-refractivity contribution is -0.138. The zero-order valence-corrected chi connectivity index (χ0v) is 20.2. The van der Waals surface area contributed by atoms with Gasteiger partial charge in [-0.25, -0.2) is 8.42 Å². The first-order valence-corrected chi connectivity index (χ1v) is 12.5. The molecule has 0 aromatic heterocycles. The van der Waals surface area contributed by atoms with Gasteiger partial charge in [0.15, 0.2) is 0 Å². The predicted molar refractivity (Wildman–Crippen MR) is 120 cm³/mol. The van der Waals surface area contributed by atoms with Crippen molar-refractivity contribution in [1.82, 2.24) is 14.1 Å². The second-order valence-corrected chi connectivity index (χ2v) is 11.2. The van der Waals surface area contributed by atoms with E-state index in [1.807, 2.05) is 38.7 Å². The average Bonchev–Trinajstić information content (AvgIpc) is 2.72. The van der Waals surface area contributed by atoms with E-state index in [2.05, 4.69) is 19.0 Å². The highest BCUT2D eigenvalue weighted by atomic mass is 32.2. The molecule has 0 radical (unpaired) electrons. The largest absolute Gasteiger partial charge is 0.341 e. The molecule has 7 heteroatoms. The molecule has 0 aliphatic carbocycles. The number of carbonyl (C=O) groups excluding carboxylic acids is 1. The summed E-state index contributed by atoms with van der Waals surface area (Å²) in [7, 11) is 0.576. The number of sulfonamides is 1. The molecule has 0 saturated carbocycles. The number of nitrogens with zero attached hydrogens (tertiary/aromatic N) is 3. The van der Waals surface area contributed by atoms with Crippen LogP contribution in [0.5, 0.6) is 0 Å². The van der Waals surface area contributed by atoms with Crippen LogP contribution in [0.3, 0.4) is 0 Å². The molecule has 6 nitrogen and oxygen atoms in total. The first-order chi connectivity index (χ1) is 14.0. The fourth-order valence-electron chi connectivity index (χ4n) is 4.87. The first kappa shape index (κ1) is 23.2. The van der Waals surface area contributed by atoms with Crippen molar-refractivity contribution in [1.29, 1.82) is 0 Å². The van der Waals surface area contributed by atoms with Gasteiger partial charge in [-0.2, -0.15) is 4.31 Å². The number of likely N-dealkylation sites (N-methyl/N-ethyl adjacent to an activating group) is 1. The number of hydrogen-bond acceptors (Lipinski definition) is 4. The Balaban J connectivity index is 1.70. The third-order valence-electron chi connectivity index (χ3n) is 7.14. The average molecular weight is 436 g/mol. The maximum absolute atomic E-state index is 13.5. The van der Waals surface area contributed by atoms with Crippen LogP contribution in [-0.2, 0) is 14.8 Å². The van der Waals surface area contributed by atoms with Crippen molar-refractivity contribution < 1.29 is 13.2 Å². The van der Waals surface area contributed by atoms with E-state index in [1.54, 1.807) is 4.31 Å². The van der Waals surface area contributed by atoms with Gasteiger partial charge in [0.05, 0.1) is 4.90 Å². The number of likely N-dealkylation sites (tertiary alicyclic amines) is 1. The Labute approximate surface area is 182 Å². The quantitative estimate of drug-likeness (QED) is 0.730. The van der Waals surface area contributed by atoms with Crippen LogP contribution in [0.2, 0.25) is 0 Å². The number of hydrogen-bond donors (Lipinski definition) is 0. The Bertz CT molecular complexity index is 877. The lowest BCUT2D eigenvalue weighted by Crippen LogP contribution is -2.51. The Hall–Kier alpha value is -1.44.